The first-order valence-corrected chi connectivity index (χ1v) is 13.0. The number of benzene rings is 2. The molecule has 178 valence electrons. The first kappa shape index (κ1) is 26.6. The number of hydrogen-bond acceptors (Lipinski definition) is 8. The molecule has 2 aromatic carbocycles. The van der Waals surface area contributed by atoms with E-state index in [9.17, 15) is 28.4 Å². The topological polar surface area (TPSA) is 149 Å². The van der Waals surface area contributed by atoms with Crippen molar-refractivity contribution in [3.8, 4) is 6.07 Å². The molecule has 0 aliphatic carbocycles. The van der Waals surface area contributed by atoms with Gasteiger partial charge in [-0.1, -0.05) is 17.7 Å². The molecule has 0 amide bonds. The smallest absolute Gasteiger partial charge is 0.304 e. The van der Waals surface area contributed by atoms with Crippen molar-refractivity contribution in [1.29, 1.82) is 5.26 Å². The van der Waals surface area contributed by atoms with Crippen LogP contribution in [0.2, 0.25) is 0 Å². The van der Waals surface area contributed by atoms with E-state index in [1.807, 2.05) is 0 Å². The van der Waals surface area contributed by atoms with Crippen molar-refractivity contribution in [2.45, 2.75) is 57.0 Å². The van der Waals surface area contributed by atoms with Gasteiger partial charge in [-0.15, -0.1) is 0 Å². The van der Waals surface area contributed by atoms with Crippen molar-refractivity contribution in [2.75, 3.05) is 0 Å². The zero-order valence-electron chi connectivity index (χ0n) is 18.9. The molecule has 0 unspecified atom stereocenters. The van der Waals surface area contributed by atoms with Gasteiger partial charge in [0.2, 0.25) is 15.3 Å². The van der Waals surface area contributed by atoms with Gasteiger partial charge in [0.25, 0.3) is 5.69 Å². The van der Waals surface area contributed by atoms with E-state index >= 15 is 0 Å². The number of nitrogens with one attached hydrogen (secondary N) is 1. The molecule has 0 spiro atoms. The van der Waals surface area contributed by atoms with Crippen LogP contribution in [0.1, 0.15) is 38.8 Å². The summed E-state index contributed by atoms with van der Waals surface area (Å²) in [5.41, 5.74) is 0.389. The Bertz CT molecular complexity index is 1180. The van der Waals surface area contributed by atoms with Crippen molar-refractivity contribution >= 4 is 23.3 Å². The number of aryl methyl sites for hydroxylation is 1. The van der Waals surface area contributed by atoms with Gasteiger partial charge in [0.1, 0.15) is 6.07 Å². The summed E-state index contributed by atoms with van der Waals surface area (Å²) in [4.78, 5) is 10.3. The summed E-state index contributed by atoms with van der Waals surface area (Å²) >= 11 is 0. The van der Waals surface area contributed by atoms with Crippen LogP contribution < -0.4 is 4.72 Å². The minimum Gasteiger partial charge on any atom is -0.304 e. The van der Waals surface area contributed by atoms with Gasteiger partial charge in [-0.05, 0) is 58.9 Å². The van der Waals surface area contributed by atoms with Crippen LogP contribution in [0.5, 0.6) is 0 Å². The fourth-order valence-electron chi connectivity index (χ4n) is 2.95. The highest BCUT2D eigenvalue weighted by Crippen LogP contribution is 2.65. The highest BCUT2D eigenvalue weighted by molar-refractivity contribution is 7.90. The Morgan fingerprint density at radius 2 is 1.52 bits per heavy atom. The predicted octanol–water partition coefficient (Wildman–Crippen LogP) is 4.60. The van der Waals surface area contributed by atoms with Gasteiger partial charge >= 0.3 is 7.60 Å². The first-order valence-electron chi connectivity index (χ1n) is 10.00. The number of nitrogens with zero attached hydrogens (tertiary/aromatic N) is 2. The molecule has 0 fully saturated rings. The maximum Gasteiger partial charge on any atom is 0.371 e. The largest absolute Gasteiger partial charge is 0.371 e. The maximum atomic E-state index is 14.1. The second-order valence-corrected chi connectivity index (χ2v) is 11.6. The van der Waals surface area contributed by atoms with Crippen LogP contribution in [0.4, 0.5) is 5.69 Å². The monoisotopic (exact) mass is 495 g/mol. The van der Waals surface area contributed by atoms with E-state index in [-0.39, 0.29) is 16.1 Å². The van der Waals surface area contributed by atoms with Gasteiger partial charge in [-0.25, -0.2) is 8.42 Å². The lowest BCUT2D eigenvalue weighted by atomic mass is 10.1. The van der Waals surface area contributed by atoms with E-state index in [1.165, 1.54) is 12.1 Å². The van der Waals surface area contributed by atoms with Crippen LogP contribution in [0.25, 0.3) is 0 Å². The Morgan fingerprint density at radius 1 is 1.03 bits per heavy atom. The van der Waals surface area contributed by atoms with Crippen molar-refractivity contribution in [2.24, 2.45) is 0 Å². The summed E-state index contributed by atoms with van der Waals surface area (Å²) in [6.07, 6.45) is -1.41. The average molecular weight is 495 g/mol. The highest BCUT2D eigenvalue weighted by Gasteiger charge is 2.57. The molecule has 1 N–H and O–H groups in total. The van der Waals surface area contributed by atoms with Crippen molar-refractivity contribution < 1.29 is 27.0 Å². The van der Waals surface area contributed by atoms with Gasteiger partial charge < -0.3 is 9.05 Å². The normalized spacial score (nSPS) is 14.1. The molecule has 33 heavy (non-hydrogen) atoms. The number of nitro benzene ring substituents is 1. The van der Waals surface area contributed by atoms with E-state index in [0.717, 1.165) is 29.8 Å². The predicted molar refractivity (Wildman–Crippen MR) is 122 cm³/mol. The molecule has 0 radical (unpaired) electrons. The summed E-state index contributed by atoms with van der Waals surface area (Å²) in [7, 11) is -9.00. The molecule has 0 aliphatic rings. The second kappa shape index (κ2) is 10.1. The van der Waals surface area contributed by atoms with E-state index in [4.69, 9.17) is 9.05 Å². The number of nitriles is 1. The molecular weight excluding hydrogens is 469 g/mol. The third-order valence-corrected chi connectivity index (χ3v) is 8.69. The molecule has 0 aromatic heterocycles. The van der Waals surface area contributed by atoms with Gasteiger partial charge in [0, 0.05) is 17.7 Å². The van der Waals surface area contributed by atoms with Crippen LogP contribution in [0.15, 0.2) is 53.4 Å². The first-order chi connectivity index (χ1) is 15.3. The van der Waals surface area contributed by atoms with Crippen LogP contribution in [0.3, 0.4) is 0 Å². The van der Waals surface area contributed by atoms with Crippen LogP contribution in [-0.2, 0) is 28.9 Å². The fraction of sp³-hybridized carbons (Fsp3) is 0.381. The highest BCUT2D eigenvalue weighted by atomic mass is 32.2. The number of non-ortho nitro benzene ring substituents is 1. The van der Waals surface area contributed by atoms with Gasteiger partial charge in [-0.3, -0.25) is 14.7 Å². The van der Waals surface area contributed by atoms with Gasteiger partial charge in [0.15, 0.2) is 0 Å². The summed E-state index contributed by atoms with van der Waals surface area (Å²) in [6, 6.07) is 12.1. The standard InChI is InChI=1S/C21H26N3O7PS/c1-15(2)30-32(27,31-16(3)4)21(14-22,18-8-10-19(11-9-18)24(25)26)23-33(28,29)20-12-6-17(5)7-13-20/h6-13,15-16,23H,1-5H3/t21-/m1/s1. The Balaban J connectivity index is 2.80. The molecule has 12 heteroatoms. The SMILES string of the molecule is Cc1ccc(S(=O)(=O)N[C@@](C#N)(c2ccc([N+](=O)[O-])cc2)P(=O)(OC(C)C)OC(C)C)cc1. The molecule has 0 bridgehead atoms. The minimum absolute atomic E-state index is 0.129. The Kier molecular flexibility index (Phi) is 8.17. The van der Waals surface area contributed by atoms with E-state index in [0.29, 0.717) is 0 Å². The van der Waals surface area contributed by atoms with E-state index in [2.05, 4.69) is 4.72 Å². The summed E-state index contributed by atoms with van der Waals surface area (Å²) in [6.45, 7) is 8.01. The molecule has 0 heterocycles. The van der Waals surface area contributed by atoms with Crippen molar-refractivity contribution in [3.63, 3.8) is 0 Å². The number of sulfonamides is 1. The summed E-state index contributed by atoms with van der Waals surface area (Å²) in [5, 5.41) is 18.8. The number of hydrogen-bond donors (Lipinski definition) is 1. The average Bonchev–Trinajstić information content (AvgIpc) is 2.71. The van der Waals surface area contributed by atoms with Crippen LogP contribution in [0, 0.1) is 28.4 Å². The molecular formula is C21H26N3O7PS. The molecule has 0 saturated carbocycles. The Labute approximate surface area is 193 Å². The van der Waals surface area contributed by atoms with Gasteiger partial charge in [-0.2, -0.15) is 9.98 Å². The van der Waals surface area contributed by atoms with Crippen molar-refractivity contribution in [1.82, 2.24) is 4.72 Å². The molecule has 2 aromatic rings. The summed E-state index contributed by atoms with van der Waals surface area (Å²) < 4.78 is 54.1. The van der Waals surface area contributed by atoms with E-state index < -0.39 is 40.0 Å². The lowest BCUT2D eigenvalue weighted by molar-refractivity contribution is -0.384. The quantitative estimate of drug-likeness (QED) is 0.285. The van der Waals surface area contributed by atoms with Crippen LogP contribution in [-0.4, -0.2) is 25.5 Å². The number of nitro groups is 1. The van der Waals surface area contributed by atoms with Gasteiger partial charge in [0.05, 0.1) is 22.0 Å². The second-order valence-electron chi connectivity index (χ2n) is 7.85. The molecule has 0 saturated heterocycles. The lowest BCUT2D eigenvalue weighted by Gasteiger charge is -2.36. The third-order valence-electron chi connectivity index (χ3n) is 4.38. The van der Waals surface area contributed by atoms with Crippen molar-refractivity contribution in [3.05, 3.63) is 69.8 Å². The van der Waals surface area contributed by atoms with Crippen LogP contribution >= 0.6 is 7.60 Å². The molecule has 10 nitrogen and oxygen atoms in total. The van der Waals surface area contributed by atoms with E-state index in [1.54, 1.807) is 52.8 Å². The molecule has 1 atom stereocenters. The minimum atomic E-state index is -4.58. The maximum absolute atomic E-state index is 14.1. The zero-order valence-corrected chi connectivity index (χ0v) is 20.6. The molecule has 0 aliphatic heterocycles. The fourth-order valence-corrected chi connectivity index (χ4v) is 6.99. The third kappa shape index (κ3) is 5.85. The Hall–Kier alpha value is -2.61. The Morgan fingerprint density at radius 3 is 1.91 bits per heavy atom. The number of rotatable bonds is 10. The zero-order chi connectivity index (χ0) is 25.0. The molecule has 2 rings (SSSR count). The summed E-state index contributed by atoms with van der Waals surface area (Å²) in [5.74, 6) is 0. The lowest BCUT2D eigenvalue weighted by Crippen LogP contribution is -2.46.